The highest BCUT2D eigenvalue weighted by Gasteiger charge is 2.29. The minimum Gasteiger partial charge on any atom is -0.480 e. The van der Waals surface area contributed by atoms with Gasteiger partial charge in [0.1, 0.15) is 6.04 Å². The largest absolute Gasteiger partial charge is 0.480 e. The van der Waals surface area contributed by atoms with E-state index in [0.717, 1.165) is 5.56 Å². The number of hydrogen-bond acceptors (Lipinski definition) is 4. The second-order valence-corrected chi connectivity index (χ2v) is 5.56. The molecule has 1 aromatic carbocycles. The Labute approximate surface area is 103 Å². The second kappa shape index (κ2) is 5.12. The van der Waals surface area contributed by atoms with Crippen molar-refractivity contribution < 1.29 is 9.90 Å². The molecule has 0 bridgehead atoms. The molecule has 0 radical (unpaired) electrons. The number of aliphatic carboxylic acids is 1. The fourth-order valence-corrected chi connectivity index (χ4v) is 3.23. The third-order valence-corrected chi connectivity index (χ3v) is 4.51. The number of carbonyl (C=O) groups is 1. The van der Waals surface area contributed by atoms with Gasteiger partial charge in [-0.3, -0.25) is 10.1 Å². The summed E-state index contributed by atoms with van der Waals surface area (Å²) >= 11 is 3.35. The van der Waals surface area contributed by atoms with E-state index in [-0.39, 0.29) is 5.37 Å². The average Bonchev–Trinajstić information content (AvgIpc) is 2.78. The third kappa shape index (κ3) is 2.53. The van der Waals surface area contributed by atoms with E-state index in [4.69, 9.17) is 5.11 Å². The average molecular weight is 255 g/mol. The molecule has 2 N–H and O–H groups in total. The number of hydrogen-bond donors (Lipinski definition) is 2. The first-order valence-corrected chi connectivity index (χ1v) is 7.22. The number of benzene rings is 1. The molecule has 86 valence electrons. The minimum atomic E-state index is -0.768. The molecule has 3 nitrogen and oxygen atoms in total. The summed E-state index contributed by atoms with van der Waals surface area (Å²) in [4.78, 5) is 12.0. The van der Waals surface area contributed by atoms with Crippen molar-refractivity contribution >= 4 is 29.5 Å². The SMILES string of the molecule is CSc1ccc([C@H]2N[C@H](C(=O)O)CS2)cc1. The quantitative estimate of drug-likeness (QED) is 0.811. The smallest absolute Gasteiger partial charge is 0.321 e. The summed E-state index contributed by atoms with van der Waals surface area (Å²) in [7, 11) is 0. The van der Waals surface area contributed by atoms with Crippen LogP contribution >= 0.6 is 23.5 Å². The molecule has 0 aromatic heterocycles. The van der Waals surface area contributed by atoms with Crippen LogP contribution in [0.1, 0.15) is 10.9 Å². The molecule has 0 amide bonds. The monoisotopic (exact) mass is 255 g/mol. The van der Waals surface area contributed by atoms with Gasteiger partial charge in [-0.25, -0.2) is 0 Å². The summed E-state index contributed by atoms with van der Waals surface area (Å²) in [5.74, 6) is -0.139. The van der Waals surface area contributed by atoms with Gasteiger partial charge in [-0.15, -0.1) is 23.5 Å². The molecule has 1 fully saturated rings. The Bertz CT molecular complexity index is 380. The van der Waals surface area contributed by atoms with Crippen molar-refractivity contribution in [2.75, 3.05) is 12.0 Å². The van der Waals surface area contributed by atoms with Crippen LogP contribution in [0.15, 0.2) is 29.2 Å². The van der Waals surface area contributed by atoms with Crippen molar-refractivity contribution in [3.63, 3.8) is 0 Å². The van der Waals surface area contributed by atoms with Crippen molar-refractivity contribution in [1.82, 2.24) is 5.32 Å². The van der Waals surface area contributed by atoms with Gasteiger partial charge in [0.2, 0.25) is 0 Å². The number of carboxylic acids is 1. The summed E-state index contributed by atoms with van der Waals surface area (Å²) < 4.78 is 0. The maximum atomic E-state index is 10.8. The summed E-state index contributed by atoms with van der Waals surface area (Å²) in [5, 5.41) is 12.1. The van der Waals surface area contributed by atoms with Crippen LogP contribution in [-0.2, 0) is 4.79 Å². The van der Waals surface area contributed by atoms with Crippen LogP contribution in [0.5, 0.6) is 0 Å². The van der Waals surface area contributed by atoms with Crippen LogP contribution in [0.3, 0.4) is 0 Å². The summed E-state index contributed by atoms with van der Waals surface area (Å²) in [5.41, 5.74) is 1.14. The molecule has 16 heavy (non-hydrogen) atoms. The molecule has 2 rings (SSSR count). The summed E-state index contributed by atoms with van der Waals surface area (Å²) in [6.07, 6.45) is 2.04. The van der Waals surface area contributed by atoms with Crippen molar-refractivity contribution in [2.45, 2.75) is 16.3 Å². The van der Waals surface area contributed by atoms with Gasteiger partial charge in [0.15, 0.2) is 0 Å². The van der Waals surface area contributed by atoms with E-state index >= 15 is 0 Å². The minimum absolute atomic E-state index is 0.108. The predicted octanol–water partition coefficient (Wildman–Crippen LogP) is 2.20. The Balaban J connectivity index is 2.05. The molecular formula is C11H13NO2S2. The summed E-state index contributed by atoms with van der Waals surface area (Å²) in [6, 6.07) is 7.82. The van der Waals surface area contributed by atoms with E-state index in [9.17, 15) is 4.79 Å². The molecule has 1 aliphatic heterocycles. The zero-order valence-electron chi connectivity index (χ0n) is 8.84. The first-order valence-electron chi connectivity index (χ1n) is 4.95. The Hall–Kier alpha value is -0.650. The van der Waals surface area contributed by atoms with Crippen LogP contribution in [0.4, 0.5) is 0 Å². The Morgan fingerprint density at radius 2 is 2.19 bits per heavy atom. The fourth-order valence-electron chi connectivity index (χ4n) is 1.59. The van der Waals surface area contributed by atoms with Crippen molar-refractivity contribution in [2.24, 2.45) is 0 Å². The number of nitrogens with one attached hydrogen (secondary N) is 1. The molecule has 2 atom stereocenters. The van der Waals surface area contributed by atoms with Crippen LogP contribution in [0.25, 0.3) is 0 Å². The Morgan fingerprint density at radius 3 is 2.69 bits per heavy atom. The topological polar surface area (TPSA) is 49.3 Å². The van der Waals surface area contributed by atoms with Crippen molar-refractivity contribution in [3.8, 4) is 0 Å². The zero-order chi connectivity index (χ0) is 11.5. The van der Waals surface area contributed by atoms with Crippen LogP contribution in [0.2, 0.25) is 0 Å². The normalized spacial score (nSPS) is 24.6. The van der Waals surface area contributed by atoms with Crippen LogP contribution in [-0.4, -0.2) is 29.1 Å². The van der Waals surface area contributed by atoms with E-state index in [1.165, 1.54) is 4.90 Å². The predicted molar refractivity (Wildman–Crippen MR) is 68.0 cm³/mol. The van der Waals surface area contributed by atoms with Gasteiger partial charge in [-0.1, -0.05) is 12.1 Å². The van der Waals surface area contributed by atoms with E-state index in [0.29, 0.717) is 5.75 Å². The van der Waals surface area contributed by atoms with Crippen molar-refractivity contribution in [3.05, 3.63) is 29.8 Å². The van der Waals surface area contributed by atoms with Gasteiger partial charge in [0.25, 0.3) is 0 Å². The first kappa shape index (κ1) is 11.8. The van der Waals surface area contributed by atoms with Crippen LogP contribution < -0.4 is 5.32 Å². The molecular weight excluding hydrogens is 242 g/mol. The molecule has 1 aromatic rings. The van der Waals surface area contributed by atoms with E-state index in [1.807, 2.05) is 6.26 Å². The number of rotatable bonds is 3. The van der Waals surface area contributed by atoms with Gasteiger partial charge < -0.3 is 5.11 Å². The molecule has 0 aliphatic carbocycles. The Morgan fingerprint density at radius 1 is 1.50 bits per heavy atom. The van der Waals surface area contributed by atoms with Gasteiger partial charge in [-0.2, -0.15) is 0 Å². The molecule has 1 heterocycles. The van der Waals surface area contributed by atoms with E-state index in [1.54, 1.807) is 23.5 Å². The van der Waals surface area contributed by atoms with Gasteiger partial charge in [0.05, 0.1) is 5.37 Å². The third-order valence-electron chi connectivity index (χ3n) is 2.50. The van der Waals surface area contributed by atoms with E-state index < -0.39 is 12.0 Å². The lowest BCUT2D eigenvalue weighted by molar-refractivity contribution is -0.138. The highest BCUT2D eigenvalue weighted by molar-refractivity contribution is 7.99. The van der Waals surface area contributed by atoms with Gasteiger partial charge >= 0.3 is 5.97 Å². The highest BCUT2D eigenvalue weighted by Crippen LogP contribution is 2.33. The second-order valence-electron chi connectivity index (χ2n) is 3.54. The zero-order valence-corrected chi connectivity index (χ0v) is 10.5. The van der Waals surface area contributed by atoms with Crippen molar-refractivity contribution in [1.29, 1.82) is 0 Å². The Kier molecular flexibility index (Phi) is 3.78. The number of carboxylic acid groups (broad SMARTS) is 1. The lowest BCUT2D eigenvalue weighted by atomic mass is 10.2. The highest BCUT2D eigenvalue weighted by atomic mass is 32.2. The summed E-state index contributed by atoms with van der Waals surface area (Å²) in [6.45, 7) is 0. The van der Waals surface area contributed by atoms with Gasteiger partial charge in [0, 0.05) is 10.6 Å². The molecule has 0 spiro atoms. The van der Waals surface area contributed by atoms with E-state index in [2.05, 4.69) is 29.6 Å². The molecule has 5 heteroatoms. The lowest BCUT2D eigenvalue weighted by Crippen LogP contribution is -2.33. The first-order chi connectivity index (χ1) is 7.70. The molecule has 0 saturated carbocycles. The lowest BCUT2D eigenvalue weighted by Gasteiger charge is -2.11. The molecule has 0 unspecified atom stereocenters. The fraction of sp³-hybridized carbons (Fsp3) is 0.364. The maximum absolute atomic E-state index is 10.8. The van der Waals surface area contributed by atoms with Gasteiger partial charge in [-0.05, 0) is 24.0 Å². The van der Waals surface area contributed by atoms with Crippen LogP contribution in [0, 0.1) is 0 Å². The standard InChI is InChI=1S/C11H13NO2S2/c1-15-8-4-2-7(3-5-8)10-12-9(6-16-10)11(13)14/h2-5,9-10,12H,6H2,1H3,(H,13,14)/t9-,10-/m0/s1. The molecule has 1 aliphatic rings. The molecule has 1 saturated heterocycles. The maximum Gasteiger partial charge on any atom is 0.321 e. The number of thioether (sulfide) groups is 2.